The third-order valence-electron chi connectivity index (χ3n) is 5.63. The lowest BCUT2D eigenvalue weighted by Crippen LogP contribution is -2.58. The molecule has 5 heteroatoms. The molecule has 4 rings (SSSR count). The normalized spacial score (nSPS) is 31.4. The summed E-state index contributed by atoms with van der Waals surface area (Å²) in [6, 6.07) is 5.58. The number of ether oxygens (including phenoxy) is 1. The number of halogens is 1. The SMILES string of the molecule is Fc1ccc2c(c1)C(NCC1(N3CCOCC3)CCSC1)CC2. The van der Waals surface area contributed by atoms with Crippen molar-refractivity contribution in [1.29, 1.82) is 0 Å². The molecule has 3 nitrogen and oxygen atoms in total. The minimum absolute atomic E-state index is 0.114. The molecule has 2 aliphatic heterocycles. The predicted molar refractivity (Wildman–Crippen MR) is 92.5 cm³/mol. The van der Waals surface area contributed by atoms with Gasteiger partial charge in [-0.2, -0.15) is 11.8 Å². The summed E-state index contributed by atoms with van der Waals surface area (Å²) < 4.78 is 19.1. The van der Waals surface area contributed by atoms with Crippen molar-refractivity contribution in [1.82, 2.24) is 10.2 Å². The molecule has 0 aromatic heterocycles. The Labute approximate surface area is 142 Å². The van der Waals surface area contributed by atoms with E-state index in [9.17, 15) is 4.39 Å². The van der Waals surface area contributed by atoms with Crippen molar-refractivity contribution in [2.24, 2.45) is 0 Å². The van der Waals surface area contributed by atoms with Crippen LogP contribution in [0.3, 0.4) is 0 Å². The molecular weight excluding hydrogens is 311 g/mol. The first-order chi connectivity index (χ1) is 11.3. The molecule has 2 heterocycles. The van der Waals surface area contributed by atoms with Gasteiger partial charge in [-0.1, -0.05) is 6.07 Å². The molecule has 1 aromatic rings. The molecule has 0 bridgehead atoms. The van der Waals surface area contributed by atoms with Crippen LogP contribution in [0.25, 0.3) is 0 Å². The fraction of sp³-hybridized carbons (Fsp3) is 0.667. The molecule has 0 saturated carbocycles. The van der Waals surface area contributed by atoms with E-state index < -0.39 is 0 Å². The van der Waals surface area contributed by atoms with E-state index in [0.717, 1.165) is 45.7 Å². The van der Waals surface area contributed by atoms with Gasteiger partial charge in [-0.15, -0.1) is 0 Å². The van der Waals surface area contributed by atoms with E-state index in [2.05, 4.69) is 22.0 Å². The molecule has 1 aliphatic carbocycles. The molecule has 0 radical (unpaired) electrons. The Morgan fingerprint density at radius 2 is 2.22 bits per heavy atom. The number of hydrogen-bond donors (Lipinski definition) is 1. The van der Waals surface area contributed by atoms with E-state index in [0.29, 0.717) is 6.04 Å². The maximum Gasteiger partial charge on any atom is 0.123 e. The molecule has 3 aliphatic rings. The van der Waals surface area contributed by atoms with Crippen molar-refractivity contribution in [3.8, 4) is 0 Å². The van der Waals surface area contributed by atoms with Crippen LogP contribution < -0.4 is 5.32 Å². The highest BCUT2D eigenvalue weighted by Crippen LogP contribution is 2.36. The van der Waals surface area contributed by atoms with E-state index in [-0.39, 0.29) is 11.4 Å². The zero-order valence-electron chi connectivity index (χ0n) is 13.5. The second kappa shape index (κ2) is 6.71. The van der Waals surface area contributed by atoms with Crippen molar-refractivity contribution in [2.75, 3.05) is 44.4 Å². The number of benzene rings is 1. The molecule has 2 saturated heterocycles. The maximum absolute atomic E-state index is 13.6. The summed E-state index contributed by atoms with van der Waals surface area (Å²) in [7, 11) is 0. The highest BCUT2D eigenvalue weighted by molar-refractivity contribution is 7.99. The van der Waals surface area contributed by atoms with Gasteiger partial charge in [0.2, 0.25) is 0 Å². The number of thioether (sulfide) groups is 1. The quantitative estimate of drug-likeness (QED) is 0.913. The van der Waals surface area contributed by atoms with Crippen molar-refractivity contribution in [2.45, 2.75) is 30.8 Å². The van der Waals surface area contributed by atoms with Gasteiger partial charge in [-0.25, -0.2) is 4.39 Å². The van der Waals surface area contributed by atoms with Gasteiger partial charge >= 0.3 is 0 Å². The monoisotopic (exact) mass is 336 g/mol. The van der Waals surface area contributed by atoms with Crippen LogP contribution in [0.4, 0.5) is 4.39 Å². The lowest BCUT2D eigenvalue weighted by Gasteiger charge is -2.43. The topological polar surface area (TPSA) is 24.5 Å². The molecule has 1 aromatic carbocycles. The number of nitrogens with zero attached hydrogens (tertiary/aromatic N) is 1. The number of rotatable bonds is 4. The lowest BCUT2D eigenvalue weighted by molar-refractivity contribution is -0.0141. The summed E-state index contributed by atoms with van der Waals surface area (Å²) >= 11 is 2.06. The predicted octanol–water partition coefficient (Wildman–Crippen LogP) is 2.61. The number of morpholine rings is 1. The van der Waals surface area contributed by atoms with Crippen LogP contribution in [0.5, 0.6) is 0 Å². The summed E-state index contributed by atoms with van der Waals surface area (Å²) in [6.07, 6.45) is 3.39. The van der Waals surface area contributed by atoms with E-state index in [1.54, 1.807) is 12.1 Å². The molecule has 0 amide bonds. The molecule has 0 spiro atoms. The Morgan fingerprint density at radius 3 is 3.00 bits per heavy atom. The van der Waals surface area contributed by atoms with Gasteiger partial charge in [0.15, 0.2) is 0 Å². The molecule has 2 unspecified atom stereocenters. The first kappa shape index (κ1) is 15.9. The van der Waals surface area contributed by atoms with Gasteiger partial charge in [-0.05, 0) is 48.3 Å². The Kier molecular flexibility index (Phi) is 4.63. The maximum atomic E-state index is 13.6. The molecule has 2 atom stereocenters. The second-order valence-electron chi connectivity index (χ2n) is 6.94. The first-order valence-electron chi connectivity index (χ1n) is 8.69. The Bertz CT molecular complexity index is 556. The standard InChI is InChI=1S/C18H25FN2OS/c19-15-3-1-14-2-4-17(16(14)11-15)20-12-18(5-10-23-13-18)21-6-8-22-9-7-21/h1,3,11,17,20H,2,4-10,12-13H2. The van der Waals surface area contributed by atoms with Crippen LogP contribution in [0.15, 0.2) is 18.2 Å². The van der Waals surface area contributed by atoms with Crippen LogP contribution in [-0.2, 0) is 11.2 Å². The number of hydrogen-bond acceptors (Lipinski definition) is 4. The summed E-state index contributed by atoms with van der Waals surface area (Å²) in [5.74, 6) is 2.33. The summed E-state index contributed by atoms with van der Waals surface area (Å²) in [5, 5.41) is 3.78. The van der Waals surface area contributed by atoms with Gasteiger partial charge in [0, 0.05) is 37.0 Å². The number of fused-ring (bicyclic) bond motifs is 1. The molecule has 126 valence electrons. The smallest absolute Gasteiger partial charge is 0.123 e. The summed E-state index contributed by atoms with van der Waals surface area (Å²) in [4.78, 5) is 2.63. The highest BCUT2D eigenvalue weighted by atomic mass is 32.2. The van der Waals surface area contributed by atoms with Crippen LogP contribution in [-0.4, -0.2) is 54.8 Å². The number of aryl methyl sites for hydroxylation is 1. The molecule has 23 heavy (non-hydrogen) atoms. The lowest BCUT2D eigenvalue weighted by atomic mass is 9.94. The average Bonchev–Trinajstić information content (AvgIpc) is 3.21. The first-order valence-corrected chi connectivity index (χ1v) is 9.85. The zero-order chi connectivity index (χ0) is 15.7. The van der Waals surface area contributed by atoms with Gasteiger partial charge < -0.3 is 10.1 Å². The van der Waals surface area contributed by atoms with Crippen LogP contribution >= 0.6 is 11.8 Å². The molecular formula is C18H25FN2OS. The molecule has 2 fully saturated rings. The fourth-order valence-corrected chi connectivity index (χ4v) is 5.71. The zero-order valence-corrected chi connectivity index (χ0v) is 14.3. The van der Waals surface area contributed by atoms with Crippen molar-refractivity contribution >= 4 is 11.8 Å². The minimum Gasteiger partial charge on any atom is -0.379 e. The van der Waals surface area contributed by atoms with Crippen molar-refractivity contribution in [3.05, 3.63) is 35.1 Å². The minimum atomic E-state index is -0.114. The van der Waals surface area contributed by atoms with Gasteiger partial charge in [0.05, 0.1) is 13.2 Å². The van der Waals surface area contributed by atoms with Crippen molar-refractivity contribution in [3.63, 3.8) is 0 Å². The van der Waals surface area contributed by atoms with E-state index in [1.165, 1.54) is 29.1 Å². The summed E-state index contributed by atoms with van der Waals surface area (Å²) in [5.41, 5.74) is 2.74. The van der Waals surface area contributed by atoms with Crippen molar-refractivity contribution < 1.29 is 9.13 Å². The highest BCUT2D eigenvalue weighted by Gasteiger charge is 2.41. The second-order valence-corrected chi connectivity index (χ2v) is 8.05. The third-order valence-corrected chi connectivity index (χ3v) is 6.86. The van der Waals surface area contributed by atoms with Gasteiger partial charge in [0.1, 0.15) is 5.82 Å². The van der Waals surface area contributed by atoms with E-state index in [4.69, 9.17) is 4.74 Å². The Hall–Kier alpha value is -0.620. The Balaban J connectivity index is 1.46. The van der Waals surface area contributed by atoms with E-state index in [1.807, 2.05) is 6.07 Å². The Morgan fingerprint density at radius 1 is 1.35 bits per heavy atom. The van der Waals surface area contributed by atoms with Gasteiger partial charge in [-0.3, -0.25) is 4.90 Å². The van der Waals surface area contributed by atoms with Gasteiger partial charge in [0.25, 0.3) is 0 Å². The fourth-order valence-electron chi connectivity index (χ4n) is 4.23. The average molecular weight is 336 g/mol. The number of nitrogens with one attached hydrogen (secondary N) is 1. The summed E-state index contributed by atoms with van der Waals surface area (Å²) in [6.45, 7) is 4.78. The van der Waals surface area contributed by atoms with E-state index >= 15 is 0 Å². The molecule has 1 N–H and O–H groups in total. The van der Waals surface area contributed by atoms with Crippen LogP contribution in [0, 0.1) is 5.82 Å². The third kappa shape index (κ3) is 3.16. The van der Waals surface area contributed by atoms with Crippen LogP contribution in [0.1, 0.15) is 30.0 Å². The van der Waals surface area contributed by atoms with Crippen LogP contribution in [0.2, 0.25) is 0 Å². The largest absolute Gasteiger partial charge is 0.379 e.